The van der Waals surface area contributed by atoms with Gasteiger partial charge in [-0.05, 0) is 48.4 Å². The number of hydrogen-bond acceptors (Lipinski definition) is 3. The number of carbonyl (C=O) groups is 2. The van der Waals surface area contributed by atoms with Gasteiger partial charge in [0.15, 0.2) is 0 Å². The van der Waals surface area contributed by atoms with Gasteiger partial charge in [-0.15, -0.1) is 0 Å². The zero-order chi connectivity index (χ0) is 20.9. The molecule has 1 N–H and O–H groups in total. The summed E-state index contributed by atoms with van der Waals surface area (Å²) in [6.45, 7) is 0.299. The van der Waals surface area contributed by atoms with Crippen molar-refractivity contribution < 1.29 is 9.59 Å². The van der Waals surface area contributed by atoms with Gasteiger partial charge in [0.05, 0.1) is 16.6 Å². The molecule has 1 aromatic heterocycles. The molecule has 1 fully saturated rings. The van der Waals surface area contributed by atoms with Crippen LogP contribution in [0.1, 0.15) is 17.7 Å². The molecule has 2 amide bonds. The average Bonchev–Trinajstić information content (AvgIpc) is 3.15. The largest absolute Gasteiger partial charge is 0.326 e. The van der Waals surface area contributed by atoms with Crippen LogP contribution in [0.2, 0.25) is 5.02 Å². The van der Waals surface area contributed by atoms with Crippen LogP contribution in [0.3, 0.4) is 0 Å². The van der Waals surface area contributed by atoms with Crippen LogP contribution in [0.25, 0.3) is 0 Å². The van der Waals surface area contributed by atoms with Crippen molar-refractivity contribution in [2.45, 2.75) is 6.42 Å². The maximum Gasteiger partial charge on any atom is 0.229 e. The molecule has 0 radical (unpaired) electrons. The smallest absolute Gasteiger partial charge is 0.229 e. The molecule has 4 rings (SSSR count). The van der Waals surface area contributed by atoms with Crippen molar-refractivity contribution >= 4 is 34.8 Å². The molecule has 1 atom stereocenters. The van der Waals surface area contributed by atoms with Crippen LogP contribution < -0.4 is 10.2 Å². The number of carbonyl (C=O) groups excluding carboxylic acids is 2. The third-order valence-corrected chi connectivity index (χ3v) is 5.09. The molecule has 0 saturated carbocycles. The summed E-state index contributed by atoms with van der Waals surface area (Å²) in [6.07, 6.45) is 1.84. The van der Waals surface area contributed by atoms with Crippen molar-refractivity contribution in [3.8, 4) is 11.8 Å². The van der Waals surface area contributed by atoms with E-state index in [4.69, 9.17) is 11.6 Å². The van der Waals surface area contributed by atoms with E-state index < -0.39 is 5.92 Å². The lowest BCUT2D eigenvalue weighted by molar-refractivity contribution is -0.122. The van der Waals surface area contributed by atoms with Crippen LogP contribution in [0, 0.1) is 17.8 Å². The summed E-state index contributed by atoms with van der Waals surface area (Å²) in [5, 5.41) is 3.39. The molecule has 5 nitrogen and oxygen atoms in total. The topological polar surface area (TPSA) is 62.3 Å². The molecule has 148 valence electrons. The maximum atomic E-state index is 12.7. The predicted molar refractivity (Wildman–Crippen MR) is 117 cm³/mol. The number of rotatable bonds is 3. The van der Waals surface area contributed by atoms with Crippen molar-refractivity contribution in [3.05, 3.63) is 89.2 Å². The van der Waals surface area contributed by atoms with Crippen LogP contribution >= 0.6 is 11.6 Å². The first-order chi connectivity index (χ1) is 14.6. The highest BCUT2D eigenvalue weighted by Crippen LogP contribution is 2.31. The molecule has 30 heavy (non-hydrogen) atoms. The number of anilines is 2. The maximum absolute atomic E-state index is 12.7. The SMILES string of the molecule is O=C(Nc1cccc(C#Cc2ccccn2)c1)C1CC(=O)N(c2ccccc2Cl)C1. The van der Waals surface area contributed by atoms with E-state index in [1.54, 1.807) is 41.4 Å². The summed E-state index contributed by atoms with van der Waals surface area (Å²) in [5.74, 6) is 5.28. The van der Waals surface area contributed by atoms with E-state index in [0.29, 0.717) is 28.6 Å². The molecule has 3 aromatic rings. The van der Waals surface area contributed by atoms with E-state index in [1.165, 1.54) is 0 Å². The van der Waals surface area contributed by atoms with E-state index in [0.717, 1.165) is 5.56 Å². The Morgan fingerprint density at radius 2 is 1.90 bits per heavy atom. The van der Waals surface area contributed by atoms with Gasteiger partial charge in [-0.2, -0.15) is 0 Å². The minimum atomic E-state index is -0.447. The first kappa shape index (κ1) is 19.7. The molecular formula is C24H18ClN3O2. The van der Waals surface area contributed by atoms with Gasteiger partial charge in [0.1, 0.15) is 5.69 Å². The zero-order valence-electron chi connectivity index (χ0n) is 16.0. The van der Waals surface area contributed by atoms with Crippen LogP contribution in [0.5, 0.6) is 0 Å². The third-order valence-electron chi connectivity index (χ3n) is 4.77. The first-order valence-electron chi connectivity index (χ1n) is 9.49. The van der Waals surface area contributed by atoms with Crippen LogP contribution in [0.15, 0.2) is 72.9 Å². The fourth-order valence-corrected chi connectivity index (χ4v) is 3.52. The van der Waals surface area contributed by atoms with Gasteiger partial charge in [-0.25, -0.2) is 4.98 Å². The number of nitrogens with one attached hydrogen (secondary N) is 1. The number of benzene rings is 2. The normalized spacial score (nSPS) is 15.4. The summed E-state index contributed by atoms with van der Waals surface area (Å²) in [5.41, 5.74) is 2.71. The second-order valence-corrected chi connectivity index (χ2v) is 7.30. The Hall–Kier alpha value is -3.62. The molecule has 0 aliphatic carbocycles. The van der Waals surface area contributed by atoms with E-state index in [2.05, 4.69) is 22.1 Å². The number of hydrogen-bond donors (Lipinski definition) is 1. The lowest BCUT2D eigenvalue weighted by Crippen LogP contribution is -2.28. The van der Waals surface area contributed by atoms with Gasteiger partial charge in [-0.3, -0.25) is 9.59 Å². The number of halogens is 1. The highest BCUT2D eigenvalue weighted by molar-refractivity contribution is 6.33. The van der Waals surface area contributed by atoms with Gasteiger partial charge in [0.2, 0.25) is 11.8 Å². The van der Waals surface area contributed by atoms with Crippen molar-refractivity contribution in [1.29, 1.82) is 0 Å². The molecular weight excluding hydrogens is 398 g/mol. The first-order valence-corrected chi connectivity index (χ1v) is 9.87. The third kappa shape index (κ3) is 4.51. The molecule has 1 aliphatic rings. The van der Waals surface area contributed by atoms with Crippen LogP contribution in [-0.2, 0) is 9.59 Å². The number of para-hydroxylation sites is 1. The number of pyridine rings is 1. The van der Waals surface area contributed by atoms with Gasteiger partial charge >= 0.3 is 0 Å². The fraction of sp³-hybridized carbons (Fsp3) is 0.125. The quantitative estimate of drug-likeness (QED) is 0.654. The second kappa shape index (κ2) is 8.81. The van der Waals surface area contributed by atoms with Crippen molar-refractivity contribution in [1.82, 2.24) is 4.98 Å². The molecule has 6 heteroatoms. The highest BCUT2D eigenvalue weighted by atomic mass is 35.5. The average molecular weight is 416 g/mol. The standard InChI is InChI=1S/C24H18ClN3O2/c25-21-9-1-2-10-22(21)28-16-18(15-23(28)29)24(30)27-20-8-5-6-17(14-20)11-12-19-7-3-4-13-26-19/h1-10,13-14,18H,15-16H2,(H,27,30). The van der Waals surface area contributed by atoms with Gasteiger partial charge in [0, 0.05) is 30.4 Å². The molecule has 0 spiro atoms. The van der Waals surface area contributed by atoms with Crippen LogP contribution in [-0.4, -0.2) is 23.3 Å². The minimum absolute atomic E-state index is 0.113. The van der Waals surface area contributed by atoms with E-state index in [1.807, 2.05) is 36.4 Å². The van der Waals surface area contributed by atoms with E-state index >= 15 is 0 Å². The van der Waals surface area contributed by atoms with E-state index in [9.17, 15) is 9.59 Å². The van der Waals surface area contributed by atoms with Crippen molar-refractivity contribution in [2.24, 2.45) is 5.92 Å². The Morgan fingerprint density at radius 3 is 2.70 bits per heavy atom. The van der Waals surface area contributed by atoms with Crippen molar-refractivity contribution in [2.75, 3.05) is 16.8 Å². The molecule has 2 heterocycles. The Morgan fingerprint density at radius 1 is 1.07 bits per heavy atom. The molecule has 1 aliphatic heterocycles. The van der Waals surface area contributed by atoms with E-state index in [-0.39, 0.29) is 18.2 Å². The Labute approximate surface area is 179 Å². The summed E-state index contributed by atoms with van der Waals surface area (Å²) >= 11 is 6.21. The van der Waals surface area contributed by atoms with Gasteiger partial charge < -0.3 is 10.2 Å². The summed E-state index contributed by atoms with van der Waals surface area (Å²) < 4.78 is 0. The van der Waals surface area contributed by atoms with Crippen molar-refractivity contribution in [3.63, 3.8) is 0 Å². The predicted octanol–water partition coefficient (Wildman–Crippen LogP) is 4.13. The number of amides is 2. The van der Waals surface area contributed by atoms with Gasteiger partial charge in [0.25, 0.3) is 0 Å². The summed E-state index contributed by atoms with van der Waals surface area (Å²) in [7, 11) is 0. The Kier molecular flexibility index (Phi) is 5.78. The summed E-state index contributed by atoms with van der Waals surface area (Å²) in [4.78, 5) is 30.9. The number of nitrogens with zero attached hydrogens (tertiary/aromatic N) is 2. The Bertz CT molecular complexity index is 1150. The Balaban J connectivity index is 1.44. The highest BCUT2D eigenvalue weighted by Gasteiger charge is 2.35. The van der Waals surface area contributed by atoms with Crippen LogP contribution in [0.4, 0.5) is 11.4 Å². The zero-order valence-corrected chi connectivity index (χ0v) is 16.8. The second-order valence-electron chi connectivity index (χ2n) is 6.89. The summed E-state index contributed by atoms with van der Waals surface area (Å²) in [6, 6.07) is 20.0. The lowest BCUT2D eigenvalue weighted by Gasteiger charge is -2.18. The minimum Gasteiger partial charge on any atom is -0.326 e. The molecule has 2 aromatic carbocycles. The van der Waals surface area contributed by atoms with Gasteiger partial charge in [-0.1, -0.05) is 41.8 Å². The number of aromatic nitrogens is 1. The molecule has 0 bridgehead atoms. The molecule has 1 unspecified atom stereocenters. The monoisotopic (exact) mass is 415 g/mol. The lowest BCUT2D eigenvalue weighted by atomic mass is 10.1. The molecule has 1 saturated heterocycles. The fourth-order valence-electron chi connectivity index (χ4n) is 3.28.